The van der Waals surface area contributed by atoms with Crippen LogP contribution in [-0.4, -0.2) is 44.8 Å². The van der Waals surface area contributed by atoms with E-state index in [-0.39, 0.29) is 18.3 Å². The monoisotopic (exact) mass is 330 g/mol. The smallest absolute Gasteiger partial charge is 0.346 e. The molecule has 0 unspecified atom stereocenters. The third-order valence-electron chi connectivity index (χ3n) is 4.12. The van der Waals surface area contributed by atoms with Gasteiger partial charge in [0.25, 0.3) is 5.91 Å². The fourth-order valence-corrected chi connectivity index (χ4v) is 2.70. The fraction of sp³-hybridized carbons (Fsp3) is 0.375. The molecular formula is C16H18N4O4. The molecule has 1 aromatic heterocycles. The summed E-state index contributed by atoms with van der Waals surface area (Å²) in [5.41, 5.74) is 1.68. The van der Waals surface area contributed by atoms with Crippen LogP contribution in [0.5, 0.6) is 0 Å². The number of esters is 1. The summed E-state index contributed by atoms with van der Waals surface area (Å²) in [6.45, 7) is 2.92. The molecule has 8 nitrogen and oxygen atoms in total. The van der Waals surface area contributed by atoms with Crippen LogP contribution in [0.4, 0.5) is 0 Å². The standard InChI is InChI=1S/C16H18N4O4/c1-11-5-3-4-6-12(11)9-18-7-8-19-14(15(18)22)17-20(16(19)23)10-13(21)24-2/h3-6H,7-10H2,1-2H3. The van der Waals surface area contributed by atoms with Crippen molar-refractivity contribution in [2.24, 2.45) is 0 Å². The minimum absolute atomic E-state index is 0.0590. The van der Waals surface area contributed by atoms with E-state index < -0.39 is 11.7 Å². The largest absolute Gasteiger partial charge is 0.468 e. The molecule has 2 aromatic rings. The number of nitrogens with zero attached hydrogens (tertiary/aromatic N) is 4. The molecule has 0 saturated heterocycles. The van der Waals surface area contributed by atoms with E-state index in [9.17, 15) is 14.4 Å². The van der Waals surface area contributed by atoms with Crippen LogP contribution in [0, 0.1) is 6.92 Å². The minimum Gasteiger partial charge on any atom is -0.468 e. The van der Waals surface area contributed by atoms with Gasteiger partial charge in [-0.3, -0.25) is 14.2 Å². The minimum atomic E-state index is -0.586. The van der Waals surface area contributed by atoms with Crippen molar-refractivity contribution in [2.75, 3.05) is 13.7 Å². The molecule has 0 atom stereocenters. The lowest BCUT2D eigenvalue weighted by Crippen LogP contribution is -2.42. The highest BCUT2D eigenvalue weighted by Gasteiger charge is 2.30. The lowest BCUT2D eigenvalue weighted by atomic mass is 10.1. The highest BCUT2D eigenvalue weighted by molar-refractivity contribution is 5.91. The van der Waals surface area contributed by atoms with Crippen LogP contribution in [0.15, 0.2) is 29.1 Å². The lowest BCUT2D eigenvalue weighted by Gasteiger charge is -2.27. The Kier molecular flexibility index (Phi) is 4.20. The van der Waals surface area contributed by atoms with Crippen LogP contribution in [-0.2, 0) is 29.2 Å². The van der Waals surface area contributed by atoms with Gasteiger partial charge in [0.2, 0.25) is 5.82 Å². The Labute approximate surface area is 138 Å². The first kappa shape index (κ1) is 16.0. The maximum Gasteiger partial charge on any atom is 0.346 e. The van der Waals surface area contributed by atoms with Crippen molar-refractivity contribution in [1.29, 1.82) is 0 Å². The zero-order valence-corrected chi connectivity index (χ0v) is 13.6. The van der Waals surface area contributed by atoms with Crippen LogP contribution in [0.2, 0.25) is 0 Å². The summed E-state index contributed by atoms with van der Waals surface area (Å²) in [7, 11) is 1.23. The van der Waals surface area contributed by atoms with Gasteiger partial charge in [0.1, 0.15) is 6.54 Å². The quantitative estimate of drug-likeness (QED) is 0.747. The number of carbonyl (C=O) groups is 2. The fourth-order valence-electron chi connectivity index (χ4n) is 2.70. The van der Waals surface area contributed by atoms with Crippen molar-refractivity contribution in [3.63, 3.8) is 0 Å². The highest BCUT2D eigenvalue weighted by Crippen LogP contribution is 2.15. The maximum atomic E-state index is 12.6. The Balaban J connectivity index is 1.85. The zero-order valence-electron chi connectivity index (χ0n) is 13.6. The molecule has 2 heterocycles. The molecule has 126 valence electrons. The van der Waals surface area contributed by atoms with E-state index in [0.29, 0.717) is 19.6 Å². The molecule has 0 spiro atoms. The van der Waals surface area contributed by atoms with Crippen LogP contribution in [0.25, 0.3) is 0 Å². The first-order valence-corrected chi connectivity index (χ1v) is 7.59. The van der Waals surface area contributed by atoms with E-state index in [1.807, 2.05) is 31.2 Å². The van der Waals surface area contributed by atoms with E-state index in [4.69, 9.17) is 0 Å². The Bertz CT molecular complexity index is 852. The molecule has 0 fully saturated rings. The highest BCUT2D eigenvalue weighted by atomic mass is 16.5. The molecule has 24 heavy (non-hydrogen) atoms. The molecule has 0 bridgehead atoms. The van der Waals surface area contributed by atoms with Crippen molar-refractivity contribution in [2.45, 2.75) is 26.6 Å². The number of carbonyl (C=O) groups excluding carboxylic acids is 2. The molecule has 0 saturated carbocycles. The summed E-state index contributed by atoms with van der Waals surface area (Å²) in [6.07, 6.45) is 0. The molecule has 1 amide bonds. The number of ether oxygens (including phenoxy) is 1. The Morgan fingerprint density at radius 1 is 1.25 bits per heavy atom. The second-order valence-electron chi connectivity index (χ2n) is 5.64. The van der Waals surface area contributed by atoms with E-state index in [1.54, 1.807) is 4.90 Å². The molecule has 1 aliphatic heterocycles. The SMILES string of the molecule is COC(=O)Cn1nc2n(c1=O)CCN(Cc1ccccc1C)C2=O. The predicted octanol–water partition coefficient (Wildman–Crippen LogP) is 0.182. The summed E-state index contributed by atoms with van der Waals surface area (Å²) < 4.78 is 6.81. The zero-order chi connectivity index (χ0) is 17.3. The number of hydrogen-bond donors (Lipinski definition) is 0. The number of amides is 1. The van der Waals surface area contributed by atoms with Gasteiger partial charge < -0.3 is 9.64 Å². The van der Waals surface area contributed by atoms with Gasteiger partial charge in [-0.15, -0.1) is 5.10 Å². The van der Waals surface area contributed by atoms with Crippen molar-refractivity contribution < 1.29 is 14.3 Å². The molecule has 0 radical (unpaired) electrons. The normalized spacial score (nSPS) is 13.8. The molecule has 3 rings (SSSR count). The Hall–Kier alpha value is -2.90. The van der Waals surface area contributed by atoms with E-state index in [2.05, 4.69) is 9.84 Å². The molecule has 1 aliphatic rings. The molecular weight excluding hydrogens is 312 g/mol. The number of benzene rings is 1. The van der Waals surface area contributed by atoms with Crippen molar-refractivity contribution in [1.82, 2.24) is 19.2 Å². The number of methoxy groups -OCH3 is 1. The van der Waals surface area contributed by atoms with Crippen LogP contribution < -0.4 is 5.69 Å². The number of aromatic nitrogens is 3. The number of rotatable bonds is 4. The van der Waals surface area contributed by atoms with Crippen molar-refractivity contribution in [3.8, 4) is 0 Å². The summed E-state index contributed by atoms with van der Waals surface area (Å²) in [5, 5.41) is 4.01. The van der Waals surface area contributed by atoms with E-state index in [0.717, 1.165) is 15.8 Å². The average Bonchev–Trinajstić information content (AvgIpc) is 2.89. The van der Waals surface area contributed by atoms with Crippen LogP contribution in [0.1, 0.15) is 21.7 Å². The third kappa shape index (κ3) is 2.82. The maximum absolute atomic E-state index is 12.6. The van der Waals surface area contributed by atoms with Gasteiger partial charge in [-0.05, 0) is 18.1 Å². The van der Waals surface area contributed by atoms with Crippen LogP contribution in [0.3, 0.4) is 0 Å². The second kappa shape index (κ2) is 6.31. The van der Waals surface area contributed by atoms with E-state index >= 15 is 0 Å². The summed E-state index contributed by atoms with van der Waals surface area (Å²) in [5.74, 6) is -0.842. The second-order valence-corrected chi connectivity index (χ2v) is 5.64. The Morgan fingerprint density at radius 2 is 2.00 bits per heavy atom. The van der Waals surface area contributed by atoms with Gasteiger partial charge in [0.15, 0.2) is 0 Å². The molecule has 0 aliphatic carbocycles. The van der Waals surface area contributed by atoms with Crippen molar-refractivity contribution in [3.05, 3.63) is 51.7 Å². The van der Waals surface area contributed by atoms with Crippen LogP contribution >= 0.6 is 0 Å². The van der Waals surface area contributed by atoms with Gasteiger partial charge in [-0.25, -0.2) is 9.48 Å². The van der Waals surface area contributed by atoms with E-state index in [1.165, 1.54) is 11.7 Å². The summed E-state index contributed by atoms with van der Waals surface area (Å²) in [6, 6.07) is 7.84. The lowest BCUT2D eigenvalue weighted by molar-refractivity contribution is -0.141. The number of hydrogen-bond acceptors (Lipinski definition) is 5. The first-order chi connectivity index (χ1) is 11.5. The summed E-state index contributed by atoms with van der Waals surface area (Å²) in [4.78, 5) is 37.8. The topological polar surface area (TPSA) is 86.4 Å². The van der Waals surface area contributed by atoms with Gasteiger partial charge in [0, 0.05) is 19.6 Å². The predicted molar refractivity (Wildman–Crippen MR) is 84.4 cm³/mol. The average molecular weight is 330 g/mol. The molecule has 1 aromatic carbocycles. The first-order valence-electron chi connectivity index (χ1n) is 7.59. The van der Waals surface area contributed by atoms with Crippen molar-refractivity contribution >= 4 is 11.9 Å². The van der Waals surface area contributed by atoms with Gasteiger partial charge in [-0.1, -0.05) is 24.3 Å². The number of aryl methyl sites for hydroxylation is 1. The van der Waals surface area contributed by atoms with Gasteiger partial charge in [0.05, 0.1) is 7.11 Å². The van der Waals surface area contributed by atoms with Gasteiger partial charge >= 0.3 is 11.7 Å². The molecule has 8 heteroatoms. The molecule has 0 N–H and O–H groups in total. The number of fused-ring (bicyclic) bond motifs is 1. The third-order valence-corrected chi connectivity index (χ3v) is 4.12. The summed E-state index contributed by atoms with van der Waals surface area (Å²) >= 11 is 0. The Morgan fingerprint density at radius 3 is 2.71 bits per heavy atom. The van der Waals surface area contributed by atoms with Gasteiger partial charge in [-0.2, -0.15) is 0 Å².